The second-order valence-corrected chi connectivity index (χ2v) is 3.57. The highest BCUT2D eigenvalue weighted by atomic mass is 32.1. The quantitative estimate of drug-likeness (QED) is 0.514. The van der Waals surface area contributed by atoms with E-state index in [2.05, 4.69) is 30.8 Å². The molecule has 0 atom stereocenters. The van der Waals surface area contributed by atoms with Gasteiger partial charge in [-0.25, -0.2) is 0 Å². The highest BCUT2D eigenvalue weighted by Crippen LogP contribution is 1.87. The van der Waals surface area contributed by atoms with Gasteiger partial charge in [-0.05, 0) is 26.2 Å². The molecular formula is C10H19N3S. The molecular weight excluding hydrogens is 194 g/mol. The van der Waals surface area contributed by atoms with Crippen LogP contribution in [-0.2, 0) is 0 Å². The van der Waals surface area contributed by atoms with Crippen LogP contribution in [0.1, 0.15) is 13.3 Å². The third-order valence-corrected chi connectivity index (χ3v) is 2.03. The van der Waals surface area contributed by atoms with Crippen molar-refractivity contribution in [2.24, 2.45) is 5.73 Å². The van der Waals surface area contributed by atoms with Crippen LogP contribution in [0.25, 0.3) is 0 Å². The van der Waals surface area contributed by atoms with Gasteiger partial charge in [0, 0.05) is 6.54 Å². The fraction of sp³-hybridized carbons (Fsp3) is 0.500. The number of thiocarbonyl (C=S) groups is 1. The fourth-order valence-corrected chi connectivity index (χ4v) is 1.00. The number of rotatable bonds is 6. The zero-order chi connectivity index (χ0) is 11.0. The first-order valence-corrected chi connectivity index (χ1v) is 5.07. The smallest absolute Gasteiger partial charge is 0.125 e. The molecule has 0 saturated heterocycles. The molecule has 0 aromatic carbocycles. The molecule has 0 aliphatic heterocycles. The molecule has 0 saturated carbocycles. The molecule has 3 nitrogen and oxygen atoms in total. The number of nitrogens with zero attached hydrogens (tertiary/aromatic N) is 1. The van der Waals surface area contributed by atoms with Crippen LogP contribution in [0.15, 0.2) is 24.6 Å². The number of nitrogens with two attached hydrogens (primary N) is 1. The predicted octanol–water partition coefficient (Wildman–Crippen LogP) is 1.23. The highest BCUT2D eigenvalue weighted by Gasteiger charge is 1.93. The molecule has 80 valence electrons. The average molecular weight is 213 g/mol. The topological polar surface area (TPSA) is 41.3 Å². The molecule has 0 unspecified atom stereocenters. The third-order valence-electron chi connectivity index (χ3n) is 1.65. The lowest BCUT2D eigenvalue weighted by molar-refractivity contribution is 0.370. The van der Waals surface area contributed by atoms with E-state index in [4.69, 9.17) is 18.0 Å². The van der Waals surface area contributed by atoms with Gasteiger partial charge in [0.25, 0.3) is 0 Å². The van der Waals surface area contributed by atoms with Gasteiger partial charge in [-0.15, -0.1) is 0 Å². The summed E-state index contributed by atoms with van der Waals surface area (Å²) in [6.45, 7) is 7.69. The Morgan fingerprint density at radius 2 is 2.29 bits per heavy atom. The Morgan fingerprint density at radius 3 is 2.79 bits per heavy atom. The fourth-order valence-electron chi connectivity index (χ4n) is 0.933. The second-order valence-electron chi connectivity index (χ2n) is 3.16. The summed E-state index contributed by atoms with van der Waals surface area (Å²) < 4.78 is 0. The Balaban J connectivity index is 3.63. The zero-order valence-corrected chi connectivity index (χ0v) is 9.73. The first kappa shape index (κ1) is 13.1. The Labute approximate surface area is 91.7 Å². The minimum Gasteiger partial charge on any atom is -0.397 e. The summed E-state index contributed by atoms with van der Waals surface area (Å²) >= 11 is 4.91. The summed E-state index contributed by atoms with van der Waals surface area (Å²) in [6.07, 6.45) is 4.97. The van der Waals surface area contributed by atoms with E-state index < -0.39 is 0 Å². The van der Waals surface area contributed by atoms with Gasteiger partial charge in [0.05, 0.1) is 5.70 Å². The van der Waals surface area contributed by atoms with E-state index in [9.17, 15) is 0 Å². The van der Waals surface area contributed by atoms with Crippen molar-refractivity contribution in [3.05, 3.63) is 24.6 Å². The Morgan fingerprint density at radius 1 is 1.64 bits per heavy atom. The summed E-state index contributed by atoms with van der Waals surface area (Å²) in [6, 6.07) is 0. The molecule has 4 heteroatoms. The minimum absolute atomic E-state index is 0.395. The molecule has 0 rings (SSSR count). The predicted molar refractivity (Wildman–Crippen MR) is 66.0 cm³/mol. The normalized spacial score (nSPS) is 10.8. The van der Waals surface area contributed by atoms with Crippen LogP contribution in [0, 0.1) is 0 Å². The molecule has 3 N–H and O–H groups in total. The molecule has 0 bridgehead atoms. The summed E-state index contributed by atoms with van der Waals surface area (Å²) in [5.74, 6) is 0. The van der Waals surface area contributed by atoms with Crippen molar-refractivity contribution in [2.45, 2.75) is 13.3 Å². The standard InChI is InChI=1S/C10H19N3S/c1-4-7-13(3)8-5-6-12-10(14)9(2)11/h5-6H,2,4,7-8,11H2,1,3H3,(H,12,14)/b6-5+. The highest BCUT2D eigenvalue weighted by molar-refractivity contribution is 7.80. The van der Waals surface area contributed by atoms with Crippen LogP contribution in [0.2, 0.25) is 0 Å². The number of hydrogen-bond donors (Lipinski definition) is 2. The van der Waals surface area contributed by atoms with E-state index in [0.29, 0.717) is 10.7 Å². The van der Waals surface area contributed by atoms with Crippen molar-refractivity contribution < 1.29 is 0 Å². The van der Waals surface area contributed by atoms with Crippen molar-refractivity contribution in [2.75, 3.05) is 20.1 Å². The van der Waals surface area contributed by atoms with Crippen LogP contribution >= 0.6 is 12.2 Å². The molecule has 14 heavy (non-hydrogen) atoms. The molecule has 0 amide bonds. The Bertz CT molecular complexity index is 223. The maximum atomic E-state index is 5.38. The van der Waals surface area contributed by atoms with Crippen molar-refractivity contribution in [1.29, 1.82) is 0 Å². The molecule has 0 aliphatic carbocycles. The second kappa shape index (κ2) is 7.53. The van der Waals surface area contributed by atoms with Gasteiger partial charge in [0.2, 0.25) is 0 Å². The average Bonchev–Trinajstić information content (AvgIpc) is 2.12. The molecule has 0 aromatic rings. The van der Waals surface area contributed by atoms with Crippen LogP contribution < -0.4 is 11.1 Å². The number of likely N-dealkylation sites (N-methyl/N-ethyl adjacent to an activating group) is 1. The maximum Gasteiger partial charge on any atom is 0.125 e. The van der Waals surface area contributed by atoms with Crippen LogP contribution in [0.4, 0.5) is 0 Å². The lowest BCUT2D eigenvalue weighted by Crippen LogP contribution is -2.22. The summed E-state index contributed by atoms with van der Waals surface area (Å²) in [4.78, 5) is 2.71. The van der Waals surface area contributed by atoms with E-state index in [1.165, 1.54) is 0 Å². The lowest BCUT2D eigenvalue weighted by atomic mass is 10.4. The summed E-state index contributed by atoms with van der Waals surface area (Å²) in [7, 11) is 2.08. The van der Waals surface area contributed by atoms with Gasteiger partial charge >= 0.3 is 0 Å². The summed E-state index contributed by atoms with van der Waals surface area (Å²) in [5.41, 5.74) is 5.78. The molecule has 0 spiro atoms. The third kappa shape index (κ3) is 6.62. The molecule has 0 fully saturated rings. The minimum atomic E-state index is 0.395. The van der Waals surface area contributed by atoms with Gasteiger partial charge in [-0.3, -0.25) is 0 Å². The lowest BCUT2D eigenvalue weighted by Gasteiger charge is -2.11. The number of nitrogens with one attached hydrogen (secondary N) is 1. The Kier molecular flexibility index (Phi) is 7.06. The first-order valence-electron chi connectivity index (χ1n) is 4.66. The molecule has 0 aromatic heterocycles. The van der Waals surface area contributed by atoms with Gasteiger partial charge in [0.15, 0.2) is 0 Å². The Hall–Kier alpha value is -0.870. The van der Waals surface area contributed by atoms with E-state index in [-0.39, 0.29) is 0 Å². The van der Waals surface area contributed by atoms with E-state index in [0.717, 1.165) is 19.5 Å². The van der Waals surface area contributed by atoms with Crippen molar-refractivity contribution in [1.82, 2.24) is 10.2 Å². The van der Waals surface area contributed by atoms with Gasteiger partial charge in [-0.1, -0.05) is 31.8 Å². The maximum absolute atomic E-state index is 5.38. The van der Waals surface area contributed by atoms with Gasteiger partial charge < -0.3 is 16.0 Å². The largest absolute Gasteiger partial charge is 0.397 e. The van der Waals surface area contributed by atoms with Crippen LogP contribution in [-0.4, -0.2) is 30.0 Å². The molecule has 0 radical (unpaired) electrons. The van der Waals surface area contributed by atoms with Crippen molar-refractivity contribution in [3.63, 3.8) is 0 Å². The first-order chi connectivity index (χ1) is 6.57. The molecule has 0 heterocycles. The summed E-state index contributed by atoms with van der Waals surface area (Å²) in [5, 5.41) is 2.88. The van der Waals surface area contributed by atoms with E-state index in [1.54, 1.807) is 6.20 Å². The van der Waals surface area contributed by atoms with Crippen molar-refractivity contribution in [3.8, 4) is 0 Å². The van der Waals surface area contributed by atoms with Gasteiger partial charge in [-0.2, -0.15) is 0 Å². The van der Waals surface area contributed by atoms with Gasteiger partial charge in [0.1, 0.15) is 4.99 Å². The number of hydrogen-bond acceptors (Lipinski definition) is 3. The van der Waals surface area contributed by atoms with E-state index >= 15 is 0 Å². The van der Waals surface area contributed by atoms with Crippen molar-refractivity contribution >= 4 is 17.2 Å². The van der Waals surface area contributed by atoms with Crippen LogP contribution in [0.5, 0.6) is 0 Å². The van der Waals surface area contributed by atoms with Crippen LogP contribution in [0.3, 0.4) is 0 Å². The zero-order valence-electron chi connectivity index (χ0n) is 8.92. The van der Waals surface area contributed by atoms with E-state index in [1.807, 2.05) is 6.08 Å². The molecule has 0 aliphatic rings. The monoisotopic (exact) mass is 213 g/mol. The SMILES string of the molecule is C=C(N)C(=S)N/C=C/CN(C)CCC.